The molecule has 37 nitrogen and oxygen atoms in total. The summed E-state index contributed by atoms with van der Waals surface area (Å²) in [5.41, 5.74) is 17.4. The minimum Gasteiger partial charge on any atom is -0.460 e. The maximum Gasteiger partial charge on any atom is 0.329 e. The fraction of sp³-hybridized carbons (Fsp3) is 0.644. The number of Topliss-reactive ketones (excluding diaryl/α,β-unsaturated/α-hetero) is 1. The lowest BCUT2D eigenvalue weighted by atomic mass is 9.78. The van der Waals surface area contributed by atoms with Crippen molar-refractivity contribution in [2.24, 2.45) is 40.7 Å². The number of esters is 1. The Morgan fingerprint density at radius 3 is 2.28 bits per heavy atom. The number of aliphatic hydroxyl groups excluding tert-OH is 3. The van der Waals surface area contributed by atoms with E-state index in [1.807, 2.05) is 75.1 Å². The highest BCUT2D eigenvalue weighted by Gasteiger charge is 2.53. The van der Waals surface area contributed by atoms with Gasteiger partial charge in [-0.05, 0) is 145 Å². The van der Waals surface area contributed by atoms with E-state index in [2.05, 4.69) is 46.0 Å². The van der Waals surface area contributed by atoms with Crippen molar-refractivity contribution < 1.29 is 96.4 Å². The number of ether oxygens (including phenoxy) is 7. The third-order valence-corrected chi connectivity index (χ3v) is 24.7. The first-order valence-electron chi connectivity index (χ1n) is 44.5. The van der Waals surface area contributed by atoms with E-state index in [1.54, 1.807) is 81.1 Å². The fourth-order valence-corrected chi connectivity index (χ4v) is 17.2. The number of nitrogens with one attached hydrogen (secondary N) is 3. The van der Waals surface area contributed by atoms with Crippen molar-refractivity contribution in [3.63, 3.8) is 0 Å². The van der Waals surface area contributed by atoms with Crippen molar-refractivity contribution in [3.05, 3.63) is 90.1 Å². The molecule has 16 atom stereocenters. The second-order valence-corrected chi connectivity index (χ2v) is 34.5. The second-order valence-electron chi connectivity index (χ2n) is 34.5. The van der Waals surface area contributed by atoms with Gasteiger partial charge in [0.25, 0.3) is 23.6 Å². The van der Waals surface area contributed by atoms with Gasteiger partial charge in [0.05, 0.1) is 81.1 Å². The van der Waals surface area contributed by atoms with Crippen LogP contribution in [-0.4, -0.2) is 298 Å². The number of likely N-dealkylation sites (N-methyl/N-ethyl adjacent to an activating group) is 1. The van der Waals surface area contributed by atoms with E-state index in [1.165, 1.54) is 18.3 Å². The van der Waals surface area contributed by atoms with Gasteiger partial charge < -0.3 is 105 Å². The van der Waals surface area contributed by atoms with Crippen LogP contribution in [0, 0.1) is 35.5 Å². The minimum atomic E-state index is -2.47. The van der Waals surface area contributed by atoms with Gasteiger partial charge >= 0.3 is 5.97 Å². The number of nitrogens with zero attached hydrogens (tertiary/aromatic N) is 12. The van der Waals surface area contributed by atoms with Crippen LogP contribution in [0.4, 0.5) is 17.8 Å². The summed E-state index contributed by atoms with van der Waals surface area (Å²) in [4.78, 5) is 130. The Hall–Kier alpha value is -9.80. The fourth-order valence-electron chi connectivity index (χ4n) is 17.2. The van der Waals surface area contributed by atoms with Crippen LogP contribution in [0.15, 0.2) is 94.1 Å². The van der Waals surface area contributed by atoms with E-state index in [4.69, 9.17) is 59.0 Å². The first kappa shape index (κ1) is 99.4. The molecule has 8 heterocycles. The number of ketones is 1. The standard InChI is InChI=1S/C90H133N17O20/c1-55-19-13-12-14-20-56(2)71(119-9)46-65-25-22-61(7)90(118,127-65)83(115)86(116)106-31-17-15-21-67(106)87(117)125-72(58(4)43-62-23-26-68(108)73(44-62)120-10)47-69(109)57(3)42-60(6)81(114)82(121-11)79(59(5)41-55)102-124-53-76(112)95-48-63-49-96-89(97-50-63)105-35-33-104(34-36-105)77(113)52-103(8)51-75(111)94-30-38-123-40-39-122-37-28-74(110)93-29-16-18-32-107-85-78(84(91)98-54-99-85)80(101-107)64-24-27-70-66(45-64)100-88(92)126-70/h12-14,19-20,24,27,42,45,49-50,54-55,57-59,61-62,65,67-69,71-73,81-82,108-109,114,118H,15-18,21-23,25-26,28-41,43-44,46-48,51-53H2,1-11H3,(H2,92,100)(H,93,110)(H,94,111)(H,95,112)(H2,91,98,99)/b14-12+,19-13+,56-20+,60-42+,102-79?/t55-,57-,58-,59-,61-,62+,65+,67+,68-,69-,71+,72+,73-,81-,82+,90-/m1/s1. The summed E-state index contributed by atoms with van der Waals surface area (Å²) in [5.74, 6) is -7.79. The molecule has 37 heteroatoms. The first-order chi connectivity index (χ1) is 60.9. The number of methoxy groups -OCH3 is 3. The molecule has 0 spiro atoms. The summed E-state index contributed by atoms with van der Waals surface area (Å²) in [6.07, 6.45) is 16.1. The van der Waals surface area contributed by atoms with Crippen LogP contribution < -0.4 is 32.3 Å². The Labute approximate surface area is 742 Å². The molecule has 127 heavy (non-hydrogen) atoms. The molecule has 11 N–H and O–H groups in total. The first-order valence-corrected chi connectivity index (χ1v) is 44.5. The number of carbonyl (C=O) groups excluding carboxylic acids is 7. The number of oxazole rings is 1. The number of nitrogen functional groups attached to an aromatic ring is 2. The van der Waals surface area contributed by atoms with E-state index in [9.17, 15) is 54.0 Å². The van der Waals surface area contributed by atoms with Crippen molar-refractivity contribution in [3.8, 4) is 11.3 Å². The Balaban J connectivity index is 0.659. The number of cyclic esters (lactones) is 1. The molecular formula is C90H133N17O20. The number of oxime groups is 1. The molecule has 4 fully saturated rings. The second kappa shape index (κ2) is 48.6. The third-order valence-electron chi connectivity index (χ3n) is 24.7. The van der Waals surface area contributed by atoms with Gasteiger partial charge in [0.2, 0.25) is 29.5 Å². The number of aliphatic hydroxyl groups is 4. The molecule has 5 amide bonds. The summed E-state index contributed by atoms with van der Waals surface area (Å²) in [6, 6.07) is 4.35. The Bertz CT molecular complexity index is 4610. The van der Waals surface area contributed by atoms with Crippen LogP contribution >= 0.6 is 0 Å². The van der Waals surface area contributed by atoms with Gasteiger partial charge in [-0.25, -0.2) is 29.4 Å². The number of anilines is 3. The van der Waals surface area contributed by atoms with Crippen LogP contribution in [0.3, 0.4) is 0 Å². The summed E-state index contributed by atoms with van der Waals surface area (Å²) < 4.78 is 48.8. The van der Waals surface area contributed by atoms with Gasteiger partial charge in [-0.1, -0.05) is 76.2 Å². The molecule has 1 saturated carbocycles. The highest BCUT2D eigenvalue weighted by Crippen LogP contribution is 2.40. The highest BCUT2D eigenvalue weighted by atomic mass is 16.6. The average molecular weight is 1770 g/mol. The number of allylic oxidation sites excluding steroid dienone is 5. The SMILES string of the molecule is CO[C@H]1C[C@@H]2CC[C@@H](C)[C@@](O)(O2)C(=O)C(=O)N2CCCC[C@H]2C(=O)O[C@H]([C@H](C)C[C@@H]2CC[C@@H](O)[C@H](OC)C2)C[C@@H](O)[C@H](C)/C=C(\C)[C@@H](O)[C@@H](OC)C(=NOCC(=O)NCc2cnc(N3CCN(C(=O)CN(C)CC(=O)NCCOCCOCCC(=O)NCCCCn4nc(-c5ccc6oc(N)nc6c5)c5c(N)ncnc54)CC3)nc2)[C@H](C)C[C@H](C)/C=C/C=C/C=C/1C. The Morgan fingerprint density at radius 1 is 0.772 bits per heavy atom. The number of benzene rings is 1. The molecule has 0 radical (unpaired) electrons. The Morgan fingerprint density at radius 2 is 1.53 bits per heavy atom. The van der Waals surface area contributed by atoms with E-state index in [0.717, 1.165) is 11.1 Å². The third kappa shape index (κ3) is 28.1. The van der Waals surface area contributed by atoms with Crippen molar-refractivity contribution in [2.75, 3.05) is 137 Å². The number of unbranched alkanes of at least 4 members (excludes halogenated alkanes) is 1. The lowest BCUT2D eigenvalue weighted by Crippen LogP contribution is -2.61. The van der Waals surface area contributed by atoms with Crippen LogP contribution in [0.1, 0.15) is 150 Å². The lowest BCUT2D eigenvalue weighted by molar-refractivity contribution is -0.265. The van der Waals surface area contributed by atoms with Crippen LogP contribution in [0.5, 0.6) is 0 Å². The quantitative estimate of drug-likeness (QED) is 0.00843. The number of hydrogen-bond donors (Lipinski definition) is 9. The number of aromatic nitrogens is 7. The Kier molecular flexibility index (Phi) is 38.0. The molecule has 3 saturated heterocycles. The number of nitrogens with two attached hydrogens (primary N) is 2. The van der Waals surface area contributed by atoms with Crippen molar-refractivity contribution >= 4 is 86.9 Å². The van der Waals surface area contributed by atoms with Gasteiger partial charge in [0.15, 0.2) is 17.8 Å². The molecule has 10 rings (SSSR count). The van der Waals surface area contributed by atoms with Gasteiger partial charge in [0, 0.05) is 141 Å². The van der Waals surface area contributed by atoms with Crippen molar-refractivity contribution in [2.45, 2.75) is 219 Å². The zero-order valence-corrected chi connectivity index (χ0v) is 75.4. The van der Waals surface area contributed by atoms with Crippen LogP contribution in [-0.2, 0) is 84.6 Å². The average Bonchev–Trinajstić information content (AvgIpc) is 1.73. The van der Waals surface area contributed by atoms with Crippen LogP contribution in [0.25, 0.3) is 33.4 Å². The van der Waals surface area contributed by atoms with E-state index in [0.29, 0.717) is 166 Å². The van der Waals surface area contributed by atoms with Gasteiger partial charge in [-0.2, -0.15) is 10.1 Å². The number of amides is 5. The summed E-state index contributed by atoms with van der Waals surface area (Å²) in [6.45, 7) is 16.6. The maximum absolute atomic E-state index is 14.8. The number of fused-ring (bicyclic) bond motifs is 5. The molecule has 5 aliphatic rings. The molecule has 1 aromatic carbocycles. The minimum absolute atomic E-state index is 0.000395. The predicted molar refractivity (Wildman–Crippen MR) is 473 cm³/mol. The number of carbonyl (C=O) groups is 7. The number of rotatable bonds is 31. The van der Waals surface area contributed by atoms with Gasteiger partial charge in [-0.3, -0.25) is 33.7 Å². The monoisotopic (exact) mass is 1770 g/mol. The largest absolute Gasteiger partial charge is 0.460 e. The lowest BCUT2D eigenvalue weighted by Gasteiger charge is -2.43. The summed E-state index contributed by atoms with van der Waals surface area (Å²) in [5, 5.41) is 66.0. The van der Waals surface area contributed by atoms with Gasteiger partial charge in [-0.15, -0.1) is 0 Å². The zero-order chi connectivity index (χ0) is 91.4. The van der Waals surface area contributed by atoms with Crippen LogP contribution in [0.2, 0.25) is 0 Å². The smallest absolute Gasteiger partial charge is 0.329 e. The van der Waals surface area contributed by atoms with Gasteiger partial charge in [0.1, 0.15) is 47.7 Å². The molecule has 698 valence electrons. The van der Waals surface area contributed by atoms with E-state index < -0.39 is 102 Å². The zero-order valence-electron chi connectivity index (χ0n) is 75.4. The maximum atomic E-state index is 14.8. The normalized spacial score (nSPS) is 28.0. The van der Waals surface area contributed by atoms with Crippen molar-refractivity contribution in [1.29, 1.82) is 0 Å². The molecule has 4 aromatic heterocycles. The van der Waals surface area contributed by atoms with Crippen molar-refractivity contribution in [1.82, 2.24) is 65.4 Å². The number of hydrogen-bond acceptors (Lipinski definition) is 31. The number of aryl methyl sites for hydroxylation is 1. The topological polar surface area (TPSA) is 483 Å². The molecular weight excluding hydrogens is 1640 g/mol. The summed E-state index contributed by atoms with van der Waals surface area (Å²) >= 11 is 0. The van der Waals surface area contributed by atoms with E-state index >= 15 is 0 Å². The predicted octanol–water partition coefficient (Wildman–Crippen LogP) is 5.71. The number of piperidine rings is 1. The molecule has 0 unspecified atom stereocenters. The summed E-state index contributed by atoms with van der Waals surface area (Å²) in [7, 11) is 6.28. The van der Waals surface area contributed by atoms with E-state index in [-0.39, 0.29) is 132 Å². The highest BCUT2D eigenvalue weighted by molar-refractivity contribution is 6.39. The molecule has 4 aliphatic heterocycles. The molecule has 2 bridgehead atoms. The molecule has 1 aliphatic carbocycles. The molecule has 5 aromatic rings. The number of piperazine rings is 1.